The Morgan fingerprint density at radius 1 is 1.28 bits per heavy atom. The molecule has 0 radical (unpaired) electrons. The van der Waals surface area contributed by atoms with Crippen molar-refractivity contribution in [2.24, 2.45) is 0 Å². The van der Waals surface area contributed by atoms with Crippen LogP contribution in [0.5, 0.6) is 0 Å². The maximum absolute atomic E-state index is 12.3. The maximum Gasteiger partial charge on any atom is 0.290 e. The lowest BCUT2D eigenvalue weighted by atomic mass is 10.2. The molecule has 1 aliphatic rings. The number of allylic oxidation sites excluding steroid dienone is 2. The first-order valence-electron chi connectivity index (χ1n) is 6.01. The second-order valence-corrected chi connectivity index (χ2v) is 4.77. The summed E-state index contributed by atoms with van der Waals surface area (Å²) in [5.41, 5.74) is -0.363. The number of halogens is 1. The number of hydrogen-bond donors (Lipinski definition) is 1. The molecule has 0 aliphatic carbocycles. The van der Waals surface area contributed by atoms with Gasteiger partial charge in [-0.2, -0.15) is 0 Å². The standard InChI is InChI=1S/C12H16ClN3O2/c1-3-8(2)14-10-9(13)11(17)15-6-4-5-7-16(15)12(10)18/h4-5,8,14H,3,6-7H2,1-2H3. The second-order valence-electron chi connectivity index (χ2n) is 4.39. The number of hydrogen-bond acceptors (Lipinski definition) is 3. The van der Waals surface area contributed by atoms with Gasteiger partial charge in [-0.15, -0.1) is 0 Å². The summed E-state index contributed by atoms with van der Waals surface area (Å²) in [6, 6.07) is 0.0948. The Kier molecular flexibility index (Phi) is 3.61. The summed E-state index contributed by atoms with van der Waals surface area (Å²) in [4.78, 5) is 24.3. The SMILES string of the molecule is CCC(C)Nc1c(Cl)c(=O)n2n(c1=O)CC=CC2. The molecular formula is C12H16ClN3O2. The number of rotatable bonds is 3. The third-order valence-electron chi connectivity index (χ3n) is 3.11. The van der Waals surface area contributed by atoms with Crippen molar-refractivity contribution < 1.29 is 0 Å². The van der Waals surface area contributed by atoms with E-state index in [2.05, 4.69) is 5.32 Å². The van der Waals surface area contributed by atoms with E-state index in [1.807, 2.05) is 26.0 Å². The predicted octanol–water partition coefficient (Wildman–Crippen LogP) is 1.44. The summed E-state index contributed by atoms with van der Waals surface area (Å²) in [7, 11) is 0. The molecule has 0 fully saturated rings. The van der Waals surface area contributed by atoms with Crippen LogP contribution in [0.2, 0.25) is 5.02 Å². The molecule has 2 heterocycles. The van der Waals surface area contributed by atoms with Crippen molar-refractivity contribution in [2.45, 2.75) is 39.4 Å². The highest BCUT2D eigenvalue weighted by atomic mass is 35.5. The Hall–Kier alpha value is -1.49. The fraction of sp³-hybridized carbons (Fsp3) is 0.500. The largest absolute Gasteiger partial charge is 0.377 e. The number of fused-ring (bicyclic) bond motifs is 1. The maximum atomic E-state index is 12.3. The van der Waals surface area contributed by atoms with E-state index in [0.29, 0.717) is 13.1 Å². The normalized spacial score (nSPS) is 15.3. The van der Waals surface area contributed by atoms with Crippen molar-refractivity contribution in [1.82, 2.24) is 9.36 Å². The average molecular weight is 270 g/mol. The quantitative estimate of drug-likeness (QED) is 0.845. The molecule has 6 heteroatoms. The number of aromatic nitrogens is 2. The van der Waals surface area contributed by atoms with Crippen molar-refractivity contribution in [1.29, 1.82) is 0 Å². The van der Waals surface area contributed by atoms with Gasteiger partial charge in [-0.25, -0.2) is 9.36 Å². The van der Waals surface area contributed by atoms with Crippen LogP contribution in [0.15, 0.2) is 21.7 Å². The zero-order valence-corrected chi connectivity index (χ0v) is 11.2. The highest BCUT2D eigenvalue weighted by Crippen LogP contribution is 2.14. The van der Waals surface area contributed by atoms with Crippen LogP contribution in [0.4, 0.5) is 5.69 Å². The number of nitrogens with one attached hydrogen (secondary N) is 1. The molecule has 1 aromatic rings. The number of anilines is 1. The van der Waals surface area contributed by atoms with Crippen LogP contribution in [0.1, 0.15) is 20.3 Å². The van der Waals surface area contributed by atoms with Crippen molar-refractivity contribution in [2.75, 3.05) is 5.32 Å². The summed E-state index contributed by atoms with van der Waals surface area (Å²) >= 11 is 6.00. The Labute approximate surface area is 110 Å². The van der Waals surface area contributed by atoms with E-state index < -0.39 is 0 Å². The molecule has 18 heavy (non-hydrogen) atoms. The van der Waals surface area contributed by atoms with Crippen LogP contribution in [0.3, 0.4) is 0 Å². The third-order valence-corrected chi connectivity index (χ3v) is 3.46. The average Bonchev–Trinajstić information content (AvgIpc) is 2.40. The Morgan fingerprint density at radius 2 is 1.83 bits per heavy atom. The molecule has 0 saturated carbocycles. The fourth-order valence-corrected chi connectivity index (χ4v) is 2.08. The predicted molar refractivity (Wildman–Crippen MR) is 72.5 cm³/mol. The molecule has 0 amide bonds. The van der Waals surface area contributed by atoms with Gasteiger partial charge >= 0.3 is 0 Å². The van der Waals surface area contributed by atoms with Crippen LogP contribution in [0.25, 0.3) is 0 Å². The van der Waals surface area contributed by atoms with Gasteiger partial charge in [0.1, 0.15) is 10.7 Å². The van der Waals surface area contributed by atoms with E-state index in [1.54, 1.807) is 0 Å². The van der Waals surface area contributed by atoms with Gasteiger partial charge in [-0.1, -0.05) is 30.7 Å². The number of nitrogens with zero attached hydrogens (tertiary/aromatic N) is 2. The molecule has 1 N–H and O–H groups in total. The van der Waals surface area contributed by atoms with E-state index in [-0.39, 0.29) is 27.9 Å². The lowest BCUT2D eigenvalue weighted by molar-refractivity contribution is 0.458. The van der Waals surface area contributed by atoms with Crippen LogP contribution >= 0.6 is 11.6 Å². The molecule has 1 atom stereocenters. The minimum Gasteiger partial charge on any atom is -0.377 e. The summed E-state index contributed by atoms with van der Waals surface area (Å²) in [6.45, 7) is 4.73. The van der Waals surface area contributed by atoms with Gasteiger partial charge in [0.15, 0.2) is 0 Å². The lowest BCUT2D eigenvalue weighted by Crippen LogP contribution is -2.42. The second kappa shape index (κ2) is 5.02. The fourth-order valence-electron chi connectivity index (χ4n) is 1.85. The first-order chi connectivity index (χ1) is 8.56. The molecule has 1 aliphatic heterocycles. The highest BCUT2D eigenvalue weighted by Gasteiger charge is 2.18. The van der Waals surface area contributed by atoms with Gasteiger partial charge in [0.2, 0.25) is 0 Å². The Morgan fingerprint density at radius 3 is 2.39 bits per heavy atom. The summed E-state index contributed by atoms with van der Waals surface area (Å²) < 4.78 is 2.78. The molecule has 1 aromatic heterocycles. The molecule has 0 aromatic carbocycles. The molecule has 0 saturated heterocycles. The van der Waals surface area contributed by atoms with Crippen molar-refractivity contribution >= 4 is 17.3 Å². The summed E-state index contributed by atoms with van der Waals surface area (Å²) in [5.74, 6) is 0. The molecule has 2 rings (SSSR count). The molecule has 0 bridgehead atoms. The van der Waals surface area contributed by atoms with Gasteiger partial charge in [0.25, 0.3) is 11.1 Å². The first kappa shape index (κ1) is 13.0. The minimum absolute atomic E-state index is 0.0214. The van der Waals surface area contributed by atoms with Gasteiger partial charge in [0, 0.05) is 6.04 Å². The first-order valence-corrected chi connectivity index (χ1v) is 6.39. The van der Waals surface area contributed by atoms with Gasteiger partial charge < -0.3 is 5.32 Å². The van der Waals surface area contributed by atoms with Gasteiger partial charge in [-0.3, -0.25) is 9.59 Å². The summed E-state index contributed by atoms with van der Waals surface area (Å²) in [6.07, 6.45) is 4.56. The Bertz CT molecular complexity index is 601. The van der Waals surface area contributed by atoms with E-state index >= 15 is 0 Å². The van der Waals surface area contributed by atoms with Crippen molar-refractivity contribution in [3.05, 3.63) is 37.9 Å². The van der Waals surface area contributed by atoms with Crippen molar-refractivity contribution in [3.63, 3.8) is 0 Å². The van der Waals surface area contributed by atoms with Crippen LogP contribution in [-0.2, 0) is 13.1 Å². The van der Waals surface area contributed by atoms with E-state index in [0.717, 1.165) is 6.42 Å². The van der Waals surface area contributed by atoms with Crippen molar-refractivity contribution in [3.8, 4) is 0 Å². The highest BCUT2D eigenvalue weighted by molar-refractivity contribution is 6.32. The van der Waals surface area contributed by atoms with Crippen LogP contribution in [-0.4, -0.2) is 15.4 Å². The molecule has 0 spiro atoms. The molecule has 1 unspecified atom stereocenters. The van der Waals surface area contributed by atoms with E-state index in [4.69, 9.17) is 11.6 Å². The minimum atomic E-state index is -0.327. The lowest BCUT2D eigenvalue weighted by Gasteiger charge is -2.20. The van der Waals surface area contributed by atoms with Crippen LogP contribution < -0.4 is 16.4 Å². The molecule has 5 nitrogen and oxygen atoms in total. The van der Waals surface area contributed by atoms with Gasteiger partial charge in [0.05, 0.1) is 13.1 Å². The van der Waals surface area contributed by atoms with Gasteiger partial charge in [-0.05, 0) is 13.3 Å². The Balaban J connectivity index is 2.59. The zero-order valence-electron chi connectivity index (χ0n) is 10.4. The zero-order chi connectivity index (χ0) is 13.3. The van der Waals surface area contributed by atoms with E-state index in [1.165, 1.54) is 9.36 Å². The summed E-state index contributed by atoms with van der Waals surface area (Å²) in [5, 5.41) is 2.99. The monoisotopic (exact) mass is 269 g/mol. The molecular weight excluding hydrogens is 254 g/mol. The smallest absolute Gasteiger partial charge is 0.290 e. The molecule has 98 valence electrons. The van der Waals surface area contributed by atoms with E-state index in [9.17, 15) is 9.59 Å². The van der Waals surface area contributed by atoms with Crippen LogP contribution in [0, 0.1) is 0 Å². The topological polar surface area (TPSA) is 56.0 Å². The third kappa shape index (κ3) is 2.10.